The summed E-state index contributed by atoms with van der Waals surface area (Å²) in [4.78, 5) is 13.9. The minimum absolute atomic E-state index is 0.325. The third-order valence-corrected chi connectivity index (χ3v) is 3.49. The fourth-order valence-corrected chi connectivity index (χ4v) is 2.35. The molecule has 1 saturated heterocycles. The summed E-state index contributed by atoms with van der Waals surface area (Å²) in [6, 6.07) is 0.638. The Balaban J connectivity index is 1.99. The van der Waals surface area contributed by atoms with Crippen molar-refractivity contribution in [3.8, 4) is 0 Å². The molecular weight excluding hydrogens is 254 g/mol. The Labute approximate surface area is 123 Å². The van der Waals surface area contributed by atoms with Crippen molar-refractivity contribution < 1.29 is 9.53 Å². The van der Waals surface area contributed by atoms with Crippen molar-refractivity contribution >= 4 is 6.09 Å². The molecule has 0 atom stereocenters. The number of amides is 1. The van der Waals surface area contributed by atoms with Gasteiger partial charge in [0.25, 0.3) is 0 Å². The number of likely N-dealkylation sites (tertiary alicyclic amines) is 1. The second-order valence-electron chi connectivity index (χ2n) is 6.44. The summed E-state index contributed by atoms with van der Waals surface area (Å²) in [5.74, 6) is 0. The number of carbonyl (C=O) groups excluding carboxylic acids is 1. The third kappa shape index (κ3) is 7.70. The molecule has 20 heavy (non-hydrogen) atoms. The summed E-state index contributed by atoms with van der Waals surface area (Å²) in [7, 11) is 0. The van der Waals surface area contributed by atoms with Gasteiger partial charge in [-0.2, -0.15) is 0 Å². The average molecular weight is 285 g/mol. The first kappa shape index (κ1) is 17.2. The minimum atomic E-state index is -0.421. The molecule has 1 fully saturated rings. The van der Waals surface area contributed by atoms with E-state index in [0.717, 1.165) is 19.5 Å². The molecule has 118 valence electrons. The lowest BCUT2D eigenvalue weighted by atomic mass is 10.1. The number of hydrogen-bond donors (Lipinski definition) is 2. The molecule has 1 aliphatic heterocycles. The van der Waals surface area contributed by atoms with E-state index in [1.165, 1.54) is 25.9 Å². The standard InChI is InChI=1S/C15H31N3O2/c1-5-18-11-7-13(8-12-18)16-9-6-10-17-14(19)20-15(2,3)4/h13,16H,5-12H2,1-4H3,(H,17,19). The van der Waals surface area contributed by atoms with Crippen molar-refractivity contribution in [2.45, 2.75) is 58.6 Å². The Morgan fingerprint density at radius 1 is 1.25 bits per heavy atom. The zero-order valence-corrected chi connectivity index (χ0v) is 13.5. The summed E-state index contributed by atoms with van der Waals surface area (Å²) >= 11 is 0. The summed E-state index contributed by atoms with van der Waals surface area (Å²) in [5.41, 5.74) is -0.421. The van der Waals surface area contributed by atoms with E-state index in [0.29, 0.717) is 12.6 Å². The molecule has 0 aromatic heterocycles. The number of ether oxygens (including phenoxy) is 1. The number of rotatable bonds is 6. The molecule has 0 aromatic carbocycles. The van der Waals surface area contributed by atoms with Crippen LogP contribution in [0.4, 0.5) is 4.79 Å². The molecule has 2 N–H and O–H groups in total. The molecule has 0 unspecified atom stereocenters. The van der Waals surface area contributed by atoms with Gasteiger partial charge in [-0.3, -0.25) is 0 Å². The van der Waals surface area contributed by atoms with Gasteiger partial charge in [-0.25, -0.2) is 4.79 Å². The Hall–Kier alpha value is -0.810. The highest BCUT2D eigenvalue weighted by atomic mass is 16.6. The Morgan fingerprint density at radius 3 is 2.45 bits per heavy atom. The molecule has 0 aliphatic carbocycles. The first-order chi connectivity index (χ1) is 9.40. The van der Waals surface area contributed by atoms with E-state index in [1.807, 2.05) is 20.8 Å². The third-order valence-electron chi connectivity index (χ3n) is 3.49. The number of nitrogens with zero attached hydrogens (tertiary/aromatic N) is 1. The molecule has 5 heteroatoms. The van der Waals surface area contributed by atoms with E-state index in [2.05, 4.69) is 22.5 Å². The lowest BCUT2D eigenvalue weighted by Gasteiger charge is -2.31. The highest BCUT2D eigenvalue weighted by Gasteiger charge is 2.17. The summed E-state index contributed by atoms with van der Waals surface area (Å²) in [6.45, 7) is 13.0. The molecule has 1 heterocycles. The zero-order valence-electron chi connectivity index (χ0n) is 13.5. The molecule has 0 radical (unpaired) electrons. The molecular formula is C15H31N3O2. The fourth-order valence-electron chi connectivity index (χ4n) is 2.35. The maximum Gasteiger partial charge on any atom is 0.407 e. The first-order valence-corrected chi connectivity index (χ1v) is 7.83. The van der Waals surface area contributed by atoms with Gasteiger partial charge in [-0.1, -0.05) is 6.92 Å². The van der Waals surface area contributed by atoms with Gasteiger partial charge in [0, 0.05) is 12.6 Å². The lowest BCUT2D eigenvalue weighted by Crippen LogP contribution is -2.43. The molecule has 5 nitrogen and oxygen atoms in total. The predicted molar refractivity (Wildman–Crippen MR) is 82.0 cm³/mol. The SMILES string of the molecule is CCN1CCC(NCCCNC(=O)OC(C)(C)C)CC1. The normalized spacial score (nSPS) is 18.0. The summed E-state index contributed by atoms with van der Waals surface area (Å²) in [5, 5.41) is 6.35. The van der Waals surface area contributed by atoms with Crippen LogP contribution >= 0.6 is 0 Å². The van der Waals surface area contributed by atoms with E-state index in [-0.39, 0.29) is 6.09 Å². The monoisotopic (exact) mass is 285 g/mol. The lowest BCUT2D eigenvalue weighted by molar-refractivity contribution is 0.0527. The van der Waals surface area contributed by atoms with Crippen LogP contribution in [-0.2, 0) is 4.74 Å². The van der Waals surface area contributed by atoms with Crippen LogP contribution in [-0.4, -0.2) is 55.4 Å². The molecule has 1 aliphatic rings. The van der Waals surface area contributed by atoms with Crippen molar-refractivity contribution in [2.24, 2.45) is 0 Å². The highest BCUT2D eigenvalue weighted by molar-refractivity contribution is 5.67. The van der Waals surface area contributed by atoms with Crippen LogP contribution in [0.2, 0.25) is 0 Å². The Bertz CT molecular complexity index is 281. The topological polar surface area (TPSA) is 53.6 Å². The molecule has 0 bridgehead atoms. The first-order valence-electron chi connectivity index (χ1n) is 7.83. The van der Waals surface area contributed by atoms with Crippen LogP contribution in [0.3, 0.4) is 0 Å². The fraction of sp³-hybridized carbons (Fsp3) is 0.933. The molecule has 1 amide bonds. The maximum atomic E-state index is 11.4. The van der Waals surface area contributed by atoms with Gasteiger partial charge in [0.05, 0.1) is 0 Å². The number of nitrogens with one attached hydrogen (secondary N) is 2. The smallest absolute Gasteiger partial charge is 0.407 e. The van der Waals surface area contributed by atoms with E-state index >= 15 is 0 Å². The summed E-state index contributed by atoms with van der Waals surface area (Å²) < 4.78 is 5.18. The molecule has 0 saturated carbocycles. The van der Waals surface area contributed by atoms with Gasteiger partial charge in [-0.15, -0.1) is 0 Å². The average Bonchev–Trinajstić information content (AvgIpc) is 2.37. The zero-order chi connectivity index (χ0) is 15.0. The van der Waals surface area contributed by atoms with Crippen molar-refractivity contribution in [3.63, 3.8) is 0 Å². The van der Waals surface area contributed by atoms with Crippen LogP contribution in [0.15, 0.2) is 0 Å². The van der Waals surface area contributed by atoms with Crippen molar-refractivity contribution in [2.75, 3.05) is 32.7 Å². The molecule has 0 aromatic rings. The van der Waals surface area contributed by atoms with E-state index in [4.69, 9.17) is 4.74 Å². The maximum absolute atomic E-state index is 11.4. The Morgan fingerprint density at radius 2 is 1.90 bits per heavy atom. The quantitative estimate of drug-likeness (QED) is 0.733. The van der Waals surface area contributed by atoms with Gasteiger partial charge in [0.15, 0.2) is 0 Å². The van der Waals surface area contributed by atoms with Gasteiger partial charge in [0.2, 0.25) is 0 Å². The number of piperidine rings is 1. The van der Waals surface area contributed by atoms with Crippen LogP contribution in [0.5, 0.6) is 0 Å². The second kappa shape index (κ2) is 8.47. The van der Waals surface area contributed by atoms with Gasteiger partial charge in [-0.05, 0) is 66.2 Å². The molecule has 1 rings (SSSR count). The Kier molecular flexibility index (Phi) is 7.30. The van der Waals surface area contributed by atoms with Crippen molar-refractivity contribution in [3.05, 3.63) is 0 Å². The largest absolute Gasteiger partial charge is 0.444 e. The molecule has 0 spiro atoms. The van der Waals surface area contributed by atoms with Crippen LogP contribution in [0.1, 0.15) is 47.0 Å². The minimum Gasteiger partial charge on any atom is -0.444 e. The van der Waals surface area contributed by atoms with Crippen molar-refractivity contribution in [1.29, 1.82) is 0 Å². The highest BCUT2D eigenvalue weighted by Crippen LogP contribution is 2.09. The van der Waals surface area contributed by atoms with Gasteiger partial charge < -0.3 is 20.3 Å². The van der Waals surface area contributed by atoms with Crippen LogP contribution in [0, 0.1) is 0 Å². The van der Waals surface area contributed by atoms with Crippen LogP contribution in [0.25, 0.3) is 0 Å². The number of hydrogen-bond acceptors (Lipinski definition) is 4. The van der Waals surface area contributed by atoms with E-state index in [1.54, 1.807) is 0 Å². The van der Waals surface area contributed by atoms with Crippen molar-refractivity contribution in [1.82, 2.24) is 15.5 Å². The van der Waals surface area contributed by atoms with Gasteiger partial charge >= 0.3 is 6.09 Å². The summed E-state index contributed by atoms with van der Waals surface area (Å²) in [6.07, 6.45) is 3.07. The van der Waals surface area contributed by atoms with E-state index < -0.39 is 5.60 Å². The van der Waals surface area contributed by atoms with Gasteiger partial charge in [0.1, 0.15) is 5.60 Å². The number of alkyl carbamates (subject to hydrolysis) is 1. The predicted octanol–water partition coefficient (Wildman–Crippen LogP) is 1.98. The van der Waals surface area contributed by atoms with Crippen LogP contribution < -0.4 is 10.6 Å². The van der Waals surface area contributed by atoms with E-state index in [9.17, 15) is 4.79 Å². The number of carbonyl (C=O) groups is 1. The second-order valence-corrected chi connectivity index (χ2v) is 6.44.